The van der Waals surface area contributed by atoms with E-state index in [1.807, 2.05) is 6.07 Å². The van der Waals surface area contributed by atoms with E-state index in [1.165, 1.54) is 32.1 Å². The van der Waals surface area contributed by atoms with Crippen molar-refractivity contribution in [2.45, 2.75) is 63.7 Å². The van der Waals surface area contributed by atoms with Crippen LogP contribution in [0.5, 0.6) is 17.2 Å². The van der Waals surface area contributed by atoms with Crippen LogP contribution in [-0.4, -0.2) is 73.8 Å². The van der Waals surface area contributed by atoms with Crippen LogP contribution in [0.25, 0.3) is 12.2 Å². The molecular weight excluding hydrogens is 672 g/mol. The molecule has 0 saturated carbocycles. The average molecular weight is 711 g/mol. The lowest BCUT2D eigenvalue weighted by Crippen LogP contribution is -2.58. The number of hydrogen-bond donors (Lipinski definition) is 7. The highest BCUT2D eigenvalue weighted by Crippen LogP contribution is 2.45. The predicted molar refractivity (Wildman–Crippen MR) is 187 cm³/mol. The zero-order chi connectivity index (χ0) is 37.4. The van der Waals surface area contributed by atoms with Crippen LogP contribution < -0.4 is 20.9 Å². The molecule has 5 unspecified atom stereocenters. The summed E-state index contributed by atoms with van der Waals surface area (Å²) in [5.74, 6) is -3.14. The van der Waals surface area contributed by atoms with E-state index in [9.17, 15) is 39.9 Å². The van der Waals surface area contributed by atoms with E-state index >= 15 is 0 Å². The number of nitrogens with two attached hydrogens (primary N) is 2. The second kappa shape index (κ2) is 14.8. The van der Waals surface area contributed by atoms with E-state index in [0.29, 0.717) is 11.1 Å². The van der Waals surface area contributed by atoms with Gasteiger partial charge < -0.3 is 51.2 Å². The largest absolute Gasteiger partial charge is 0.507 e. The number of benzene rings is 4. The van der Waals surface area contributed by atoms with Crippen LogP contribution in [-0.2, 0) is 22.6 Å². The summed E-state index contributed by atoms with van der Waals surface area (Å²) in [7, 11) is 0. The second-order valence-corrected chi connectivity index (χ2v) is 12.7. The Hall–Kier alpha value is -5.25. The van der Waals surface area contributed by atoms with Gasteiger partial charge in [0.15, 0.2) is 11.6 Å². The maximum Gasteiger partial charge on any atom is 0.308 e. The number of aliphatic hydroxyl groups is 4. The molecule has 270 valence electrons. The molecule has 0 radical (unpaired) electrons. The Labute approximate surface area is 298 Å². The highest BCUT2D eigenvalue weighted by Gasteiger charge is 2.44. The van der Waals surface area contributed by atoms with Gasteiger partial charge in [0, 0.05) is 41.2 Å². The summed E-state index contributed by atoms with van der Waals surface area (Å²) < 4.78 is 17.2. The molecule has 13 heteroatoms. The number of rotatable bonds is 9. The van der Waals surface area contributed by atoms with Crippen LogP contribution in [0.3, 0.4) is 0 Å². The Morgan fingerprint density at radius 1 is 0.885 bits per heavy atom. The minimum Gasteiger partial charge on any atom is -0.507 e. The molecular formula is C39H38N2O11. The Bertz CT molecular complexity index is 2080. The number of ether oxygens (including phenoxy) is 3. The minimum atomic E-state index is -1.75. The number of esters is 1. The normalized spacial score (nSPS) is 21.3. The summed E-state index contributed by atoms with van der Waals surface area (Å²) in [5.41, 5.74) is 12.7. The van der Waals surface area contributed by atoms with Gasteiger partial charge in [0.1, 0.15) is 35.6 Å². The lowest BCUT2D eigenvalue weighted by molar-refractivity contribution is -0.268. The highest BCUT2D eigenvalue weighted by atomic mass is 16.7. The third-order valence-electron chi connectivity index (χ3n) is 9.14. The van der Waals surface area contributed by atoms with Crippen molar-refractivity contribution in [2.75, 3.05) is 0 Å². The molecule has 5 atom stereocenters. The molecule has 0 amide bonds. The molecule has 4 aromatic rings. The molecule has 13 nitrogen and oxygen atoms in total. The van der Waals surface area contributed by atoms with Gasteiger partial charge in [-0.3, -0.25) is 14.4 Å². The van der Waals surface area contributed by atoms with E-state index in [-0.39, 0.29) is 56.9 Å². The fourth-order valence-corrected chi connectivity index (χ4v) is 6.48. The van der Waals surface area contributed by atoms with Crippen molar-refractivity contribution in [2.24, 2.45) is 11.5 Å². The molecule has 0 bridgehead atoms. The first-order valence-electron chi connectivity index (χ1n) is 16.5. The zero-order valence-corrected chi connectivity index (χ0v) is 28.2. The first-order valence-corrected chi connectivity index (χ1v) is 16.5. The fourth-order valence-electron chi connectivity index (χ4n) is 6.48. The number of fused-ring (bicyclic) bond motifs is 2. The number of carbonyl (C=O) groups excluding carboxylic acids is 3. The number of aliphatic hydroxyl groups excluding tert-OH is 4. The fraction of sp³-hybridized carbons (Fsp3) is 0.256. The van der Waals surface area contributed by atoms with Gasteiger partial charge in [0.05, 0.1) is 24.4 Å². The Kier molecular flexibility index (Phi) is 10.4. The molecule has 0 spiro atoms. The van der Waals surface area contributed by atoms with Gasteiger partial charge in [0.2, 0.25) is 6.29 Å². The van der Waals surface area contributed by atoms with Crippen LogP contribution >= 0.6 is 0 Å². The van der Waals surface area contributed by atoms with Gasteiger partial charge in [-0.25, -0.2) is 0 Å². The van der Waals surface area contributed by atoms with Gasteiger partial charge in [0.25, 0.3) is 0 Å². The first-order chi connectivity index (χ1) is 24.8. The number of aromatic hydroxyl groups is 1. The lowest BCUT2D eigenvalue weighted by atomic mass is 9.77. The Balaban J connectivity index is 1.56. The van der Waals surface area contributed by atoms with E-state index in [2.05, 4.69) is 0 Å². The number of hydrogen-bond acceptors (Lipinski definition) is 13. The van der Waals surface area contributed by atoms with Gasteiger partial charge >= 0.3 is 5.97 Å². The van der Waals surface area contributed by atoms with Gasteiger partial charge in [-0.05, 0) is 47.4 Å². The van der Waals surface area contributed by atoms with Crippen LogP contribution in [0.15, 0.2) is 66.7 Å². The summed E-state index contributed by atoms with van der Waals surface area (Å²) >= 11 is 0. The average Bonchev–Trinajstić information content (AvgIpc) is 3.12. The van der Waals surface area contributed by atoms with Crippen molar-refractivity contribution in [1.29, 1.82) is 0 Å². The molecule has 1 heterocycles. The van der Waals surface area contributed by atoms with Gasteiger partial charge in [-0.2, -0.15) is 0 Å². The smallest absolute Gasteiger partial charge is 0.308 e. The molecule has 4 aromatic carbocycles. The summed E-state index contributed by atoms with van der Waals surface area (Å²) in [6.07, 6.45) is -5.11. The number of ketones is 2. The maximum atomic E-state index is 14.6. The van der Waals surface area contributed by atoms with Gasteiger partial charge in [-0.1, -0.05) is 60.7 Å². The summed E-state index contributed by atoms with van der Waals surface area (Å²) in [5, 5.41) is 53.9. The Morgan fingerprint density at radius 3 is 2.29 bits per heavy atom. The van der Waals surface area contributed by atoms with Crippen molar-refractivity contribution < 1.29 is 54.1 Å². The SMILES string of the molecule is CC(=O)Oc1cc(CO)c2c(c1C=Cc1ccccc1)C(=O)c1cc(OC3OC(C)C(O)C(O)C3O)c(Cc3cccc(C(N)N)c3)c(O)c1C2=O. The predicted octanol–water partition coefficient (Wildman–Crippen LogP) is 2.47. The summed E-state index contributed by atoms with van der Waals surface area (Å²) in [6, 6.07) is 18.4. The number of carbonyl (C=O) groups is 3. The lowest BCUT2D eigenvalue weighted by Gasteiger charge is -2.39. The van der Waals surface area contributed by atoms with Crippen molar-refractivity contribution in [3.8, 4) is 17.2 Å². The van der Waals surface area contributed by atoms with E-state index in [1.54, 1.807) is 54.6 Å². The molecule has 1 saturated heterocycles. The van der Waals surface area contributed by atoms with Crippen molar-refractivity contribution in [1.82, 2.24) is 0 Å². The van der Waals surface area contributed by atoms with Gasteiger partial charge in [-0.15, -0.1) is 0 Å². The second-order valence-electron chi connectivity index (χ2n) is 12.7. The molecule has 1 aliphatic carbocycles. The third-order valence-corrected chi connectivity index (χ3v) is 9.14. The molecule has 9 N–H and O–H groups in total. The standard InChI is InChI=1S/C39H38N2O11/c1-18-32(44)36(48)37(49)39(50-18)52-28-16-26-31(33(45)25(28)14-21-9-6-10-22(13-21)38(40)41)35(47)29-23(17-42)15-27(51-19(2)43)24(30(29)34(26)46)12-11-20-7-4-3-5-8-20/h3-13,15-16,18,32,36-39,42,44-45,48-49H,14,17,40-41H2,1-2H3. The monoisotopic (exact) mass is 710 g/mol. The van der Waals surface area contributed by atoms with Crippen LogP contribution in [0.4, 0.5) is 0 Å². The number of phenolic OH excluding ortho intramolecular Hbond substituents is 1. The minimum absolute atomic E-state index is 0.0152. The van der Waals surface area contributed by atoms with Crippen LogP contribution in [0.2, 0.25) is 0 Å². The summed E-state index contributed by atoms with van der Waals surface area (Å²) in [6.45, 7) is 1.92. The Morgan fingerprint density at radius 2 is 1.62 bits per heavy atom. The van der Waals surface area contributed by atoms with Crippen LogP contribution in [0.1, 0.15) is 85.2 Å². The molecule has 1 fully saturated rings. The topological polar surface area (TPSA) is 232 Å². The first kappa shape index (κ1) is 36.5. The molecule has 0 aromatic heterocycles. The maximum absolute atomic E-state index is 14.6. The molecule has 2 aliphatic rings. The molecule has 52 heavy (non-hydrogen) atoms. The molecule has 6 rings (SSSR count). The molecule has 1 aliphatic heterocycles. The van der Waals surface area contributed by atoms with Crippen molar-refractivity contribution in [3.63, 3.8) is 0 Å². The van der Waals surface area contributed by atoms with E-state index in [0.717, 1.165) is 5.56 Å². The van der Waals surface area contributed by atoms with Crippen molar-refractivity contribution in [3.05, 3.63) is 122 Å². The van der Waals surface area contributed by atoms with E-state index in [4.69, 9.17) is 25.7 Å². The van der Waals surface area contributed by atoms with E-state index < -0.39 is 66.8 Å². The summed E-state index contributed by atoms with van der Waals surface area (Å²) in [4.78, 5) is 41.3. The number of phenols is 1. The third kappa shape index (κ3) is 6.86. The highest BCUT2D eigenvalue weighted by molar-refractivity contribution is 6.31. The zero-order valence-electron chi connectivity index (χ0n) is 28.2. The van der Waals surface area contributed by atoms with Crippen LogP contribution in [0, 0.1) is 0 Å². The van der Waals surface area contributed by atoms with Crippen molar-refractivity contribution >= 4 is 29.7 Å². The quantitative estimate of drug-likeness (QED) is 0.0505.